The monoisotopic (exact) mass is 514 g/mol. The van der Waals surface area contributed by atoms with Crippen molar-refractivity contribution >= 4 is 35.8 Å². The van der Waals surface area contributed by atoms with Crippen molar-refractivity contribution in [3.05, 3.63) is 29.8 Å². The largest absolute Gasteiger partial charge is 0.490 e. The van der Waals surface area contributed by atoms with Gasteiger partial charge in [-0.1, -0.05) is 18.2 Å². The van der Waals surface area contributed by atoms with Crippen LogP contribution in [0.25, 0.3) is 0 Å². The number of hydrogen-bond acceptors (Lipinski definition) is 3. The molecule has 2 N–H and O–H groups in total. The summed E-state index contributed by atoms with van der Waals surface area (Å²) in [5.74, 6) is 2.06. The van der Waals surface area contributed by atoms with E-state index in [1.165, 1.54) is 12.8 Å². The van der Waals surface area contributed by atoms with E-state index in [0.29, 0.717) is 25.0 Å². The Hall–Kier alpha value is -1.51. The average Bonchev–Trinajstić information content (AvgIpc) is 3.36. The normalized spacial score (nSPS) is 17.3. The Labute approximate surface area is 191 Å². The summed E-state index contributed by atoms with van der Waals surface area (Å²) < 4.78 is 6.22. The maximum atomic E-state index is 11.7. The molecule has 7 heteroatoms. The molecule has 2 fully saturated rings. The molecule has 1 heterocycles. The number of ether oxygens (including phenoxy) is 1. The molecule has 0 radical (unpaired) electrons. The molecule has 1 aliphatic carbocycles. The zero-order valence-electron chi connectivity index (χ0n) is 17.5. The van der Waals surface area contributed by atoms with Crippen LogP contribution in [0, 0.1) is 0 Å². The lowest BCUT2D eigenvalue weighted by Gasteiger charge is -2.17. The van der Waals surface area contributed by atoms with Crippen molar-refractivity contribution in [1.29, 1.82) is 0 Å². The molecule has 0 spiro atoms. The summed E-state index contributed by atoms with van der Waals surface area (Å²) in [5, 5.41) is 6.68. The molecule has 0 bridgehead atoms. The minimum atomic E-state index is 0. The number of carbonyl (C=O) groups excluding carboxylic acids is 1. The van der Waals surface area contributed by atoms with Crippen LogP contribution < -0.4 is 15.4 Å². The van der Waals surface area contributed by atoms with E-state index in [1.54, 1.807) is 0 Å². The third-order valence-corrected chi connectivity index (χ3v) is 5.39. The molecule has 1 saturated heterocycles. The Bertz CT molecular complexity index is 662. The van der Waals surface area contributed by atoms with Gasteiger partial charge in [0.15, 0.2) is 5.96 Å². The third-order valence-electron chi connectivity index (χ3n) is 5.39. The van der Waals surface area contributed by atoms with Crippen LogP contribution in [-0.4, -0.2) is 49.0 Å². The highest BCUT2D eigenvalue weighted by molar-refractivity contribution is 14.0. The van der Waals surface area contributed by atoms with E-state index in [9.17, 15) is 4.79 Å². The molecule has 0 atom stereocenters. The van der Waals surface area contributed by atoms with Crippen molar-refractivity contribution < 1.29 is 9.53 Å². The minimum Gasteiger partial charge on any atom is -0.490 e. The minimum absolute atomic E-state index is 0. The van der Waals surface area contributed by atoms with Gasteiger partial charge in [-0.3, -0.25) is 4.79 Å². The van der Waals surface area contributed by atoms with Crippen LogP contribution in [0.4, 0.5) is 0 Å². The highest BCUT2D eigenvalue weighted by atomic mass is 127. The molecular weight excluding hydrogens is 479 g/mol. The van der Waals surface area contributed by atoms with E-state index in [1.807, 2.05) is 17.0 Å². The van der Waals surface area contributed by atoms with Crippen LogP contribution in [-0.2, 0) is 11.3 Å². The molecular formula is C22H35IN4O2. The topological polar surface area (TPSA) is 66.0 Å². The first-order valence-electron chi connectivity index (χ1n) is 10.8. The van der Waals surface area contributed by atoms with Gasteiger partial charge in [-0.2, -0.15) is 0 Å². The summed E-state index contributed by atoms with van der Waals surface area (Å²) in [7, 11) is 0. The number of carbonyl (C=O) groups is 1. The summed E-state index contributed by atoms with van der Waals surface area (Å²) in [6.45, 7) is 6.00. The highest BCUT2D eigenvalue weighted by Crippen LogP contribution is 2.27. The molecule has 6 nitrogen and oxygen atoms in total. The molecule has 162 valence electrons. The van der Waals surface area contributed by atoms with Gasteiger partial charge in [0.05, 0.1) is 12.6 Å². The molecule has 29 heavy (non-hydrogen) atoms. The maximum absolute atomic E-state index is 11.7. The number of halogens is 1. The molecule has 1 saturated carbocycles. The number of nitrogens with zero attached hydrogens (tertiary/aromatic N) is 2. The van der Waals surface area contributed by atoms with Crippen molar-refractivity contribution in [2.45, 2.75) is 64.5 Å². The van der Waals surface area contributed by atoms with Crippen molar-refractivity contribution in [3.63, 3.8) is 0 Å². The maximum Gasteiger partial charge on any atom is 0.222 e. The Kier molecular flexibility index (Phi) is 10.6. The lowest BCUT2D eigenvalue weighted by atomic mass is 10.2. The fourth-order valence-electron chi connectivity index (χ4n) is 3.86. The number of guanidine groups is 1. The average molecular weight is 514 g/mol. The van der Waals surface area contributed by atoms with Crippen LogP contribution in [0.3, 0.4) is 0 Å². The van der Waals surface area contributed by atoms with Crippen LogP contribution in [0.15, 0.2) is 29.3 Å². The Morgan fingerprint density at radius 3 is 2.72 bits per heavy atom. The van der Waals surface area contributed by atoms with Crippen molar-refractivity contribution in [2.75, 3.05) is 26.2 Å². The van der Waals surface area contributed by atoms with Crippen LogP contribution in [0.2, 0.25) is 0 Å². The number of rotatable bonds is 9. The summed E-state index contributed by atoms with van der Waals surface area (Å²) >= 11 is 0. The van der Waals surface area contributed by atoms with Crippen molar-refractivity contribution in [2.24, 2.45) is 4.99 Å². The second-order valence-electron chi connectivity index (χ2n) is 7.59. The quantitative estimate of drug-likeness (QED) is 0.228. The van der Waals surface area contributed by atoms with Crippen molar-refractivity contribution in [3.8, 4) is 5.75 Å². The Balaban J connectivity index is 0.00000300. The Morgan fingerprint density at radius 2 is 2.00 bits per heavy atom. The van der Waals surface area contributed by atoms with Gasteiger partial charge >= 0.3 is 0 Å². The number of nitrogens with one attached hydrogen (secondary N) is 2. The zero-order valence-corrected chi connectivity index (χ0v) is 19.8. The van der Waals surface area contributed by atoms with E-state index < -0.39 is 0 Å². The smallest absolute Gasteiger partial charge is 0.222 e. The predicted molar refractivity (Wildman–Crippen MR) is 128 cm³/mol. The second kappa shape index (κ2) is 12.9. The first-order valence-corrected chi connectivity index (χ1v) is 10.8. The summed E-state index contributed by atoms with van der Waals surface area (Å²) in [4.78, 5) is 18.4. The number of aliphatic imine (C=N–C) groups is 1. The molecule has 3 rings (SSSR count). The van der Waals surface area contributed by atoms with E-state index in [2.05, 4.69) is 29.7 Å². The van der Waals surface area contributed by atoms with E-state index in [-0.39, 0.29) is 24.0 Å². The molecule has 2 aliphatic rings. The lowest BCUT2D eigenvalue weighted by Crippen LogP contribution is -2.39. The summed E-state index contributed by atoms with van der Waals surface area (Å²) in [6, 6.07) is 8.22. The van der Waals surface area contributed by atoms with Gasteiger partial charge in [-0.25, -0.2) is 4.99 Å². The number of hydrogen-bond donors (Lipinski definition) is 2. The lowest BCUT2D eigenvalue weighted by molar-refractivity contribution is -0.127. The molecule has 1 aromatic rings. The van der Waals surface area contributed by atoms with Gasteiger partial charge in [0.25, 0.3) is 0 Å². The van der Waals surface area contributed by atoms with Crippen LogP contribution in [0.5, 0.6) is 5.75 Å². The molecule has 1 amide bonds. The Morgan fingerprint density at radius 1 is 1.21 bits per heavy atom. The van der Waals surface area contributed by atoms with Gasteiger partial charge in [0.2, 0.25) is 5.91 Å². The van der Waals surface area contributed by atoms with Gasteiger partial charge in [0.1, 0.15) is 5.75 Å². The van der Waals surface area contributed by atoms with E-state index in [0.717, 1.165) is 69.1 Å². The van der Waals surface area contributed by atoms with Crippen LogP contribution in [0.1, 0.15) is 57.4 Å². The SMILES string of the molecule is CCNC(=NCc1ccccc1OC1CCCC1)NCCCN1CCCC1=O.I. The van der Waals surface area contributed by atoms with Gasteiger partial charge in [-0.05, 0) is 51.5 Å². The second-order valence-corrected chi connectivity index (χ2v) is 7.59. The molecule has 0 unspecified atom stereocenters. The first-order chi connectivity index (χ1) is 13.8. The van der Waals surface area contributed by atoms with Crippen molar-refractivity contribution in [1.82, 2.24) is 15.5 Å². The summed E-state index contributed by atoms with van der Waals surface area (Å²) in [6.07, 6.45) is 7.83. The van der Waals surface area contributed by atoms with E-state index >= 15 is 0 Å². The predicted octanol–water partition coefficient (Wildman–Crippen LogP) is 3.69. The highest BCUT2D eigenvalue weighted by Gasteiger charge is 2.19. The third kappa shape index (κ3) is 7.68. The molecule has 1 aliphatic heterocycles. The van der Waals surface area contributed by atoms with Gasteiger partial charge in [-0.15, -0.1) is 24.0 Å². The van der Waals surface area contributed by atoms with Crippen LogP contribution >= 0.6 is 24.0 Å². The standard InChI is InChI=1S/C22H34N4O2.HI/c1-2-23-22(24-14-8-16-26-15-7-13-21(26)27)25-17-18-9-3-6-12-20(18)28-19-10-4-5-11-19;/h3,6,9,12,19H,2,4-5,7-8,10-11,13-17H2,1H3,(H2,23,24,25);1H. The fourth-order valence-corrected chi connectivity index (χ4v) is 3.86. The number of para-hydroxylation sites is 1. The van der Waals surface area contributed by atoms with Gasteiger partial charge < -0.3 is 20.3 Å². The molecule has 0 aromatic heterocycles. The molecule has 1 aromatic carbocycles. The number of amides is 1. The first kappa shape index (κ1) is 23.8. The fraction of sp³-hybridized carbons (Fsp3) is 0.636. The van der Waals surface area contributed by atoms with Gasteiger partial charge in [0, 0.05) is 38.2 Å². The number of likely N-dealkylation sites (tertiary alicyclic amines) is 1. The van der Waals surface area contributed by atoms with E-state index in [4.69, 9.17) is 9.73 Å². The zero-order chi connectivity index (χ0) is 19.6. The summed E-state index contributed by atoms with van der Waals surface area (Å²) in [5.41, 5.74) is 1.12. The number of benzene rings is 1.